The lowest BCUT2D eigenvalue weighted by molar-refractivity contribution is 0.198. The number of piperidine rings is 1. The Morgan fingerprint density at radius 2 is 2.31 bits per heavy atom. The highest BCUT2D eigenvalue weighted by atomic mass is 32.1. The maximum absolute atomic E-state index is 12.2. The fourth-order valence-electron chi connectivity index (χ4n) is 3.70. The van der Waals surface area contributed by atoms with Gasteiger partial charge in [0.1, 0.15) is 5.82 Å². The summed E-state index contributed by atoms with van der Waals surface area (Å²) in [5.41, 5.74) is 3.19. The molecule has 0 amide bonds. The monoisotopic (exact) mass is 369 g/mol. The van der Waals surface area contributed by atoms with E-state index < -0.39 is 0 Å². The van der Waals surface area contributed by atoms with Crippen molar-refractivity contribution in [1.82, 2.24) is 24.6 Å². The Kier molecular flexibility index (Phi) is 4.74. The van der Waals surface area contributed by atoms with E-state index in [4.69, 9.17) is 4.98 Å². The van der Waals surface area contributed by atoms with Gasteiger partial charge in [-0.25, -0.2) is 4.98 Å². The van der Waals surface area contributed by atoms with E-state index in [1.165, 1.54) is 5.56 Å². The van der Waals surface area contributed by atoms with Gasteiger partial charge in [0, 0.05) is 43.9 Å². The van der Waals surface area contributed by atoms with Crippen LogP contribution in [-0.4, -0.2) is 37.7 Å². The van der Waals surface area contributed by atoms with Crippen LogP contribution < -0.4 is 5.56 Å². The minimum absolute atomic E-state index is 0.0707. The number of H-pyrrole nitrogens is 1. The average Bonchev–Trinajstić information content (AvgIpc) is 3.25. The molecule has 6 nitrogen and oxygen atoms in total. The Balaban J connectivity index is 1.54. The van der Waals surface area contributed by atoms with Crippen LogP contribution in [0.15, 0.2) is 34.6 Å². The summed E-state index contributed by atoms with van der Waals surface area (Å²) in [5, 5.41) is 6.44. The van der Waals surface area contributed by atoms with Crippen LogP contribution in [0.4, 0.5) is 0 Å². The van der Waals surface area contributed by atoms with Crippen molar-refractivity contribution in [1.29, 1.82) is 0 Å². The summed E-state index contributed by atoms with van der Waals surface area (Å²) in [6.07, 6.45) is 4.29. The fourth-order valence-corrected chi connectivity index (χ4v) is 4.37. The summed E-state index contributed by atoms with van der Waals surface area (Å²) in [4.78, 5) is 23.3. The maximum atomic E-state index is 12.2. The van der Waals surface area contributed by atoms with Gasteiger partial charge in [-0.3, -0.25) is 14.4 Å². The molecule has 0 aromatic carbocycles. The Hall–Kier alpha value is -2.25. The minimum atomic E-state index is -0.0707. The molecule has 0 saturated carbocycles. The Labute approximate surface area is 156 Å². The Morgan fingerprint density at radius 3 is 3.04 bits per heavy atom. The van der Waals surface area contributed by atoms with Gasteiger partial charge >= 0.3 is 0 Å². The highest BCUT2D eigenvalue weighted by Crippen LogP contribution is 2.28. The van der Waals surface area contributed by atoms with Gasteiger partial charge in [-0.2, -0.15) is 5.10 Å². The van der Waals surface area contributed by atoms with Crippen molar-refractivity contribution in [3.8, 4) is 10.7 Å². The molecule has 3 aromatic heterocycles. The molecule has 0 unspecified atom stereocenters. The number of rotatable bonds is 4. The molecule has 7 heteroatoms. The normalized spacial score (nSPS) is 18.3. The molecular weight excluding hydrogens is 346 g/mol. The molecule has 4 rings (SSSR count). The molecule has 0 spiro atoms. The van der Waals surface area contributed by atoms with Crippen molar-refractivity contribution in [2.75, 3.05) is 13.1 Å². The van der Waals surface area contributed by atoms with E-state index in [1.54, 1.807) is 17.4 Å². The number of thiophene rings is 1. The number of aryl methyl sites for hydroxylation is 2. The second-order valence-corrected chi connectivity index (χ2v) is 7.93. The molecular formula is C19H23N5OS. The third-order valence-corrected chi connectivity index (χ3v) is 5.83. The molecule has 1 aliphatic heterocycles. The summed E-state index contributed by atoms with van der Waals surface area (Å²) in [6.45, 7) is 4.96. The summed E-state index contributed by atoms with van der Waals surface area (Å²) >= 11 is 1.59. The SMILES string of the molecule is Cc1nn(C)cc1CN1CCC[C@@H](c2cc(=O)[nH]c(-c3cccs3)n2)C1. The van der Waals surface area contributed by atoms with Gasteiger partial charge in [0.05, 0.1) is 16.3 Å². The van der Waals surface area contributed by atoms with Crippen molar-refractivity contribution in [2.45, 2.75) is 32.2 Å². The predicted molar refractivity (Wildman–Crippen MR) is 103 cm³/mol. The molecule has 1 saturated heterocycles. The zero-order valence-corrected chi connectivity index (χ0v) is 15.9. The number of hydrogen-bond donors (Lipinski definition) is 1. The molecule has 0 bridgehead atoms. The lowest BCUT2D eigenvalue weighted by atomic mass is 9.94. The number of aromatic amines is 1. The van der Waals surface area contributed by atoms with Gasteiger partial charge in [-0.05, 0) is 37.8 Å². The molecule has 1 aliphatic rings. The third kappa shape index (κ3) is 3.64. The Morgan fingerprint density at radius 1 is 1.42 bits per heavy atom. The van der Waals surface area contributed by atoms with Gasteiger partial charge < -0.3 is 4.98 Å². The third-order valence-electron chi connectivity index (χ3n) is 4.95. The fraction of sp³-hybridized carbons (Fsp3) is 0.421. The van der Waals surface area contributed by atoms with Crippen LogP contribution >= 0.6 is 11.3 Å². The molecule has 4 heterocycles. The van der Waals surface area contributed by atoms with E-state index in [-0.39, 0.29) is 5.56 Å². The van der Waals surface area contributed by atoms with E-state index in [2.05, 4.69) is 28.1 Å². The summed E-state index contributed by atoms with van der Waals surface area (Å²) in [6, 6.07) is 5.64. The van der Waals surface area contributed by atoms with Gasteiger partial charge in [0.2, 0.25) is 0 Å². The molecule has 26 heavy (non-hydrogen) atoms. The standard InChI is InChI=1S/C19H23N5OS/c1-13-15(10-23(2)22-13)12-24-7-3-5-14(11-24)16-9-18(25)21-19(20-16)17-6-4-8-26-17/h4,6,8-10,14H,3,5,7,11-12H2,1-2H3,(H,20,21,25)/t14-/m1/s1. The van der Waals surface area contributed by atoms with Gasteiger partial charge in [-0.15, -0.1) is 11.3 Å². The van der Waals surface area contributed by atoms with E-state index in [9.17, 15) is 4.79 Å². The van der Waals surface area contributed by atoms with Crippen LogP contribution in [0, 0.1) is 6.92 Å². The molecule has 1 N–H and O–H groups in total. The predicted octanol–water partition coefficient (Wildman–Crippen LogP) is 2.92. The van der Waals surface area contributed by atoms with Crippen molar-refractivity contribution >= 4 is 11.3 Å². The van der Waals surface area contributed by atoms with Crippen LogP contribution in [0.3, 0.4) is 0 Å². The zero-order chi connectivity index (χ0) is 18.1. The van der Waals surface area contributed by atoms with Crippen molar-refractivity contribution < 1.29 is 0 Å². The van der Waals surface area contributed by atoms with Crippen LogP contribution in [0.5, 0.6) is 0 Å². The van der Waals surface area contributed by atoms with E-state index in [1.807, 2.05) is 29.2 Å². The van der Waals surface area contributed by atoms with Crippen LogP contribution in [0.25, 0.3) is 10.7 Å². The molecule has 3 aromatic rings. The quantitative estimate of drug-likeness (QED) is 0.768. The van der Waals surface area contributed by atoms with E-state index in [0.717, 1.165) is 48.7 Å². The van der Waals surface area contributed by atoms with Crippen LogP contribution in [-0.2, 0) is 13.6 Å². The lowest BCUT2D eigenvalue weighted by Crippen LogP contribution is -2.34. The number of aromatic nitrogens is 4. The smallest absolute Gasteiger partial charge is 0.251 e. The zero-order valence-electron chi connectivity index (χ0n) is 15.1. The lowest BCUT2D eigenvalue weighted by Gasteiger charge is -2.32. The van der Waals surface area contributed by atoms with Gasteiger partial charge in [0.15, 0.2) is 0 Å². The van der Waals surface area contributed by atoms with E-state index in [0.29, 0.717) is 11.7 Å². The van der Waals surface area contributed by atoms with E-state index >= 15 is 0 Å². The average molecular weight is 369 g/mol. The van der Waals surface area contributed by atoms with Crippen LogP contribution in [0.2, 0.25) is 0 Å². The number of likely N-dealkylation sites (tertiary alicyclic amines) is 1. The highest BCUT2D eigenvalue weighted by molar-refractivity contribution is 7.13. The first-order valence-electron chi connectivity index (χ1n) is 8.95. The molecule has 0 aliphatic carbocycles. The first-order valence-corrected chi connectivity index (χ1v) is 9.83. The second kappa shape index (κ2) is 7.17. The number of hydrogen-bond acceptors (Lipinski definition) is 5. The molecule has 0 radical (unpaired) electrons. The molecule has 1 fully saturated rings. The molecule has 136 valence electrons. The number of nitrogens with one attached hydrogen (secondary N) is 1. The molecule has 1 atom stereocenters. The summed E-state index contributed by atoms with van der Waals surface area (Å²) in [5.74, 6) is 0.976. The van der Waals surface area contributed by atoms with Gasteiger partial charge in [-0.1, -0.05) is 6.07 Å². The van der Waals surface area contributed by atoms with Gasteiger partial charge in [0.25, 0.3) is 5.56 Å². The number of nitrogens with zero attached hydrogens (tertiary/aromatic N) is 4. The maximum Gasteiger partial charge on any atom is 0.251 e. The minimum Gasteiger partial charge on any atom is -0.306 e. The summed E-state index contributed by atoms with van der Waals surface area (Å²) < 4.78 is 1.87. The van der Waals surface area contributed by atoms with Crippen molar-refractivity contribution in [3.05, 3.63) is 57.1 Å². The first kappa shape index (κ1) is 17.2. The topological polar surface area (TPSA) is 66.8 Å². The van der Waals surface area contributed by atoms with Crippen LogP contribution in [0.1, 0.15) is 35.7 Å². The second-order valence-electron chi connectivity index (χ2n) is 6.98. The van der Waals surface area contributed by atoms with Crippen molar-refractivity contribution in [3.63, 3.8) is 0 Å². The summed E-state index contributed by atoms with van der Waals surface area (Å²) in [7, 11) is 1.96. The highest BCUT2D eigenvalue weighted by Gasteiger charge is 2.24. The first-order chi connectivity index (χ1) is 12.6. The Bertz CT molecular complexity index is 943. The van der Waals surface area contributed by atoms with Crippen molar-refractivity contribution in [2.24, 2.45) is 7.05 Å². The largest absolute Gasteiger partial charge is 0.306 e.